The molecule has 0 amide bonds. The minimum atomic E-state index is 0.314. The van der Waals surface area contributed by atoms with Crippen LogP contribution in [0.25, 0.3) is 10.9 Å². The number of ether oxygens (including phenoxy) is 1. The van der Waals surface area contributed by atoms with Crippen molar-refractivity contribution in [1.29, 1.82) is 0 Å². The molecule has 84 valence electrons. The molecule has 1 aliphatic carbocycles. The van der Waals surface area contributed by atoms with E-state index in [1.165, 1.54) is 22.2 Å². The average molecular weight is 216 g/mol. The number of aromatic nitrogens is 1. The lowest BCUT2D eigenvalue weighted by Gasteiger charge is -2.17. The molecule has 1 aromatic heterocycles. The van der Waals surface area contributed by atoms with Crippen LogP contribution >= 0.6 is 0 Å². The molecule has 3 nitrogen and oxygen atoms in total. The van der Waals surface area contributed by atoms with Crippen LogP contribution in [-0.2, 0) is 12.8 Å². The summed E-state index contributed by atoms with van der Waals surface area (Å²) in [7, 11) is 1.69. The Bertz CT molecular complexity index is 530. The van der Waals surface area contributed by atoms with E-state index in [-0.39, 0.29) is 0 Å². The van der Waals surface area contributed by atoms with E-state index in [9.17, 15) is 0 Å². The number of hydrogen-bond donors (Lipinski definition) is 2. The number of nitrogens with one attached hydrogen (secondary N) is 1. The number of fused-ring (bicyclic) bond motifs is 3. The third-order valence-corrected chi connectivity index (χ3v) is 3.43. The molecule has 1 aliphatic rings. The Morgan fingerprint density at radius 3 is 3.12 bits per heavy atom. The van der Waals surface area contributed by atoms with E-state index in [0.29, 0.717) is 6.04 Å². The van der Waals surface area contributed by atoms with Crippen LogP contribution in [0, 0.1) is 0 Å². The van der Waals surface area contributed by atoms with Gasteiger partial charge in [0, 0.05) is 28.7 Å². The number of aromatic amines is 1. The lowest BCUT2D eigenvalue weighted by Crippen LogP contribution is -2.27. The predicted molar refractivity (Wildman–Crippen MR) is 64.9 cm³/mol. The standard InChI is InChI=1S/C13H16N2O/c1-16-9-3-4-10-11-6-8(14)2-5-12(11)15-13(10)7-9/h3-4,7-8,15H,2,5-6,14H2,1H3. The molecule has 0 fully saturated rings. The quantitative estimate of drug-likeness (QED) is 0.766. The maximum absolute atomic E-state index is 6.02. The normalized spacial score (nSPS) is 19.8. The van der Waals surface area contributed by atoms with Gasteiger partial charge in [-0.3, -0.25) is 0 Å². The molecule has 0 aliphatic heterocycles. The summed E-state index contributed by atoms with van der Waals surface area (Å²) in [6.07, 6.45) is 3.13. The van der Waals surface area contributed by atoms with Crippen molar-refractivity contribution in [3.05, 3.63) is 29.5 Å². The first-order valence-electron chi connectivity index (χ1n) is 5.71. The Labute approximate surface area is 94.6 Å². The second-order valence-corrected chi connectivity index (χ2v) is 4.50. The lowest BCUT2D eigenvalue weighted by molar-refractivity contribution is 0.415. The molecule has 0 radical (unpaired) electrons. The highest BCUT2D eigenvalue weighted by Crippen LogP contribution is 2.30. The van der Waals surface area contributed by atoms with Crippen LogP contribution in [0.2, 0.25) is 0 Å². The molecule has 3 rings (SSSR count). The summed E-state index contributed by atoms with van der Waals surface area (Å²) in [4.78, 5) is 3.48. The molecule has 0 spiro atoms. The van der Waals surface area contributed by atoms with Gasteiger partial charge in [0.1, 0.15) is 5.75 Å². The Balaban J connectivity index is 2.17. The fourth-order valence-corrected chi connectivity index (χ4v) is 2.56. The Kier molecular flexibility index (Phi) is 2.14. The van der Waals surface area contributed by atoms with E-state index in [1.54, 1.807) is 7.11 Å². The molecule has 16 heavy (non-hydrogen) atoms. The minimum absolute atomic E-state index is 0.314. The van der Waals surface area contributed by atoms with E-state index >= 15 is 0 Å². The van der Waals surface area contributed by atoms with Crippen molar-refractivity contribution in [2.24, 2.45) is 5.73 Å². The van der Waals surface area contributed by atoms with Gasteiger partial charge in [-0.1, -0.05) is 0 Å². The van der Waals surface area contributed by atoms with Gasteiger partial charge in [-0.15, -0.1) is 0 Å². The predicted octanol–water partition coefficient (Wildman–Crippen LogP) is 1.99. The fraction of sp³-hybridized carbons (Fsp3) is 0.385. The highest BCUT2D eigenvalue weighted by Gasteiger charge is 2.19. The summed E-state index contributed by atoms with van der Waals surface area (Å²) in [6.45, 7) is 0. The van der Waals surface area contributed by atoms with Gasteiger partial charge in [0.25, 0.3) is 0 Å². The first-order valence-corrected chi connectivity index (χ1v) is 5.71. The number of hydrogen-bond acceptors (Lipinski definition) is 2. The topological polar surface area (TPSA) is 51.0 Å². The second kappa shape index (κ2) is 3.52. The maximum atomic E-state index is 6.02. The van der Waals surface area contributed by atoms with Gasteiger partial charge in [-0.2, -0.15) is 0 Å². The van der Waals surface area contributed by atoms with Crippen molar-refractivity contribution in [2.75, 3.05) is 7.11 Å². The summed E-state index contributed by atoms with van der Waals surface area (Å²) in [5.74, 6) is 0.899. The molecule has 3 heteroatoms. The van der Waals surface area contributed by atoms with Crippen LogP contribution in [0.3, 0.4) is 0 Å². The number of aryl methyl sites for hydroxylation is 1. The van der Waals surface area contributed by atoms with E-state index in [1.807, 2.05) is 6.07 Å². The molecule has 3 N–H and O–H groups in total. The zero-order chi connectivity index (χ0) is 11.1. The summed E-state index contributed by atoms with van der Waals surface area (Å²) >= 11 is 0. The summed E-state index contributed by atoms with van der Waals surface area (Å²) in [5.41, 5.74) is 9.93. The van der Waals surface area contributed by atoms with Gasteiger partial charge in [0.05, 0.1) is 7.11 Å². The number of nitrogens with two attached hydrogens (primary N) is 1. The molecular formula is C13H16N2O. The zero-order valence-corrected chi connectivity index (χ0v) is 9.42. The van der Waals surface area contributed by atoms with Gasteiger partial charge < -0.3 is 15.5 Å². The van der Waals surface area contributed by atoms with Crippen molar-refractivity contribution >= 4 is 10.9 Å². The molecule has 0 saturated carbocycles. The molecule has 1 unspecified atom stereocenters. The van der Waals surface area contributed by atoms with Crippen LogP contribution in [0.15, 0.2) is 18.2 Å². The summed E-state index contributed by atoms with van der Waals surface area (Å²) < 4.78 is 5.23. The number of H-pyrrole nitrogens is 1. The fourth-order valence-electron chi connectivity index (χ4n) is 2.56. The first-order chi connectivity index (χ1) is 7.78. The van der Waals surface area contributed by atoms with Crippen molar-refractivity contribution in [3.63, 3.8) is 0 Å². The van der Waals surface area contributed by atoms with E-state index in [0.717, 1.165) is 25.0 Å². The number of benzene rings is 1. The largest absolute Gasteiger partial charge is 0.497 e. The van der Waals surface area contributed by atoms with Crippen molar-refractivity contribution < 1.29 is 4.74 Å². The zero-order valence-electron chi connectivity index (χ0n) is 9.42. The summed E-state index contributed by atoms with van der Waals surface area (Å²) in [6, 6.07) is 6.51. The van der Waals surface area contributed by atoms with Crippen LogP contribution in [-0.4, -0.2) is 18.1 Å². The molecular weight excluding hydrogens is 200 g/mol. The highest BCUT2D eigenvalue weighted by molar-refractivity contribution is 5.86. The van der Waals surface area contributed by atoms with Gasteiger partial charge >= 0.3 is 0 Å². The molecule has 0 bridgehead atoms. The van der Waals surface area contributed by atoms with Crippen molar-refractivity contribution in [3.8, 4) is 5.75 Å². The molecule has 0 saturated heterocycles. The van der Waals surface area contributed by atoms with E-state index < -0.39 is 0 Å². The monoisotopic (exact) mass is 216 g/mol. The number of rotatable bonds is 1. The van der Waals surface area contributed by atoms with Crippen LogP contribution in [0.1, 0.15) is 17.7 Å². The van der Waals surface area contributed by atoms with Gasteiger partial charge in [-0.25, -0.2) is 0 Å². The van der Waals surface area contributed by atoms with Gasteiger partial charge in [-0.05, 0) is 37.0 Å². The van der Waals surface area contributed by atoms with Crippen molar-refractivity contribution in [1.82, 2.24) is 4.98 Å². The SMILES string of the molecule is COc1ccc2c3c([nH]c2c1)CCC(N)C3. The smallest absolute Gasteiger partial charge is 0.120 e. The average Bonchev–Trinajstić information content (AvgIpc) is 2.66. The van der Waals surface area contributed by atoms with Gasteiger partial charge in [0.15, 0.2) is 0 Å². The van der Waals surface area contributed by atoms with Crippen LogP contribution < -0.4 is 10.5 Å². The Hall–Kier alpha value is -1.48. The van der Waals surface area contributed by atoms with E-state index in [4.69, 9.17) is 10.5 Å². The number of methoxy groups -OCH3 is 1. The molecule has 1 heterocycles. The third-order valence-electron chi connectivity index (χ3n) is 3.43. The molecule has 2 aromatic rings. The lowest BCUT2D eigenvalue weighted by atomic mass is 9.92. The Morgan fingerprint density at radius 1 is 1.44 bits per heavy atom. The van der Waals surface area contributed by atoms with Crippen molar-refractivity contribution in [2.45, 2.75) is 25.3 Å². The third kappa shape index (κ3) is 1.39. The second-order valence-electron chi connectivity index (χ2n) is 4.50. The maximum Gasteiger partial charge on any atom is 0.120 e. The molecule has 1 aromatic carbocycles. The Morgan fingerprint density at radius 2 is 2.31 bits per heavy atom. The minimum Gasteiger partial charge on any atom is -0.497 e. The van der Waals surface area contributed by atoms with E-state index in [2.05, 4.69) is 17.1 Å². The molecule has 1 atom stereocenters. The van der Waals surface area contributed by atoms with Gasteiger partial charge in [0.2, 0.25) is 0 Å². The first kappa shape index (κ1) is 9.73. The highest BCUT2D eigenvalue weighted by atomic mass is 16.5. The van der Waals surface area contributed by atoms with Crippen LogP contribution in [0.4, 0.5) is 0 Å². The summed E-state index contributed by atoms with van der Waals surface area (Å²) in [5, 5.41) is 1.30. The van der Waals surface area contributed by atoms with Crippen LogP contribution in [0.5, 0.6) is 5.75 Å².